The molecule has 1 aromatic carbocycles. The number of carbonyl (C=O) groups excluding carboxylic acids is 1. The number of halogens is 1. The summed E-state index contributed by atoms with van der Waals surface area (Å²) in [5.74, 6) is 0.429. The van der Waals surface area contributed by atoms with Gasteiger partial charge in [0.25, 0.3) is 0 Å². The number of nitrogen functional groups attached to an aromatic ring is 1. The van der Waals surface area contributed by atoms with Crippen LogP contribution in [0.5, 0.6) is 0 Å². The summed E-state index contributed by atoms with van der Waals surface area (Å²) in [7, 11) is 0. The molecule has 0 aliphatic carbocycles. The molecule has 4 N–H and O–H groups in total. The van der Waals surface area contributed by atoms with E-state index in [4.69, 9.17) is 22.4 Å². The standard InChI is InChI=1S/C15H22ClN3O2/c1-10(19-6-4-11(9-19)5-7-20)15(21)18-12-2-3-13(16)14(17)8-12/h2-3,8,10-11,20H,4-7,9,17H2,1H3,(H,18,21). The number of likely N-dealkylation sites (tertiary alicyclic amines) is 1. The molecule has 0 spiro atoms. The lowest BCUT2D eigenvalue weighted by Crippen LogP contribution is -2.40. The van der Waals surface area contributed by atoms with Gasteiger partial charge in [-0.05, 0) is 50.4 Å². The molecular weight excluding hydrogens is 290 g/mol. The number of benzene rings is 1. The monoisotopic (exact) mass is 311 g/mol. The summed E-state index contributed by atoms with van der Waals surface area (Å²) in [6.07, 6.45) is 1.84. The predicted octanol–water partition coefficient (Wildman–Crippen LogP) is 1.95. The molecule has 1 saturated heterocycles. The largest absolute Gasteiger partial charge is 0.397 e. The summed E-state index contributed by atoms with van der Waals surface area (Å²) in [6.45, 7) is 3.86. The SMILES string of the molecule is CC(C(=O)Nc1ccc(Cl)c(N)c1)N1CCC(CCO)C1. The van der Waals surface area contributed by atoms with E-state index in [0.717, 1.165) is 25.9 Å². The zero-order valence-electron chi connectivity index (χ0n) is 12.2. The van der Waals surface area contributed by atoms with E-state index >= 15 is 0 Å². The summed E-state index contributed by atoms with van der Waals surface area (Å²) >= 11 is 5.86. The molecule has 21 heavy (non-hydrogen) atoms. The predicted molar refractivity (Wildman–Crippen MR) is 85.3 cm³/mol. The van der Waals surface area contributed by atoms with Crippen LogP contribution in [0.4, 0.5) is 11.4 Å². The molecule has 1 amide bonds. The van der Waals surface area contributed by atoms with Gasteiger partial charge < -0.3 is 16.2 Å². The lowest BCUT2D eigenvalue weighted by atomic mass is 10.1. The first-order valence-corrected chi connectivity index (χ1v) is 7.60. The number of rotatable bonds is 5. The van der Waals surface area contributed by atoms with Gasteiger partial charge in [-0.2, -0.15) is 0 Å². The maximum Gasteiger partial charge on any atom is 0.241 e. The molecule has 1 aromatic rings. The second-order valence-electron chi connectivity index (χ2n) is 5.56. The van der Waals surface area contributed by atoms with E-state index < -0.39 is 0 Å². The van der Waals surface area contributed by atoms with Crippen LogP contribution in [0.25, 0.3) is 0 Å². The minimum atomic E-state index is -0.203. The molecule has 1 heterocycles. The van der Waals surface area contributed by atoms with E-state index in [-0.39, 0.29) is 18.6 Å². The number of nitrogens with zero attached hydrogens (tertiary/aromatic N) is 1. The Morgan fingerprint density at radius 3 is 3.05 bits per heavy atom. The van der Waals surface area contributed by atoms with Gasteiger partial charge in [0, 0.05) is 18.8 Å². The molecule has 0 radical (unpaired) electrons. The van der Waals surface area contributed by atoms with Crippen molar-refractivity contribution in [3.05, 3.63) is 23.2 Å². The summed E-state index contributed by atoms with van der Waals surface area (Å²) in [5.41, 5.74) is 6.83. The molecule has 0 bridgehead atoms. The van der Waals surface area contributed by atoms with Gasteiger partial charge in [-0.1, -0.05) is 11.6 Å². The smallest absolute Gasteiger partial charge is 0.241 e. The van der Waals surface area contributed by atoms with Gasteiger partial charge in [0.15, 0.2) is 0 Å². The van der Waals surface area contributed by atoms with E-state index in [1.165, 1.54) is 0 Å². The Bertz CT molecular complexity index is 510. The lowest BCUT2D eigenvalue weighted by molar-refractivity contribution is -0.120. The van der Waals surface area contributed by atoms with Gasteiger partial charge in [-0.25, -0.2) is 0 Å². The van der Waals surface area contributed by atoms with Crippen molar-refractivity contribution < 1.29 is 9.90 Å². The van der Waals surface area contributed by atoms with E-state index in [2.05, 4.69) is 10.2 Å². The molecule has 116 valence electrons. The second kappa shape index (κ2) is 7.11. The normalized spacial score (nSPS) is 20.4. The number of amides is 1. The molecular formula is C15H22ClN3O2. The van der Waals surface area contributed by atoms with Crippen molar-refractivity contribution in [3.8, 4) is 0 Å². The molecule has 6 heteroatoms. The Hall–Kier alpha value is -1.30. The van der Waals surface area contributed by atoms with Gasteiger partial charge >= 0.3 is 0 Å². The number of nitrogens with two attached hydrogens (primary N) is 1. The Labute approximate surface area is 130 Å². The highest BCUT2D eigenvalue weighted by Crippen LogP contribution is 2.24. The van der Waals surface area contributed by atoms with Gasteiger partial charge in [-0.3, -0.25) is 9.69 Å². The van der Waals surface area contributed by atoms with E-state index in [1.54, 1.807) is 18.2 Å². The van der Waals surface area contributed by atoms with E-state index in [1.807, 2.05) is 6.92 Å². The van der Waals surface area contributed by atoms with Crippen LogP contribution in [0.15, 0.2) is 18.2 Å². The summed E-state index contributed by atoms with van der Waals surface area (Å²) in [4.78, 5) is 14.4. The van der Waals surface area contributed by atoms with Gasteiger partial charge in [0.1, 0.15) is 0 Å². The average Bonchev–Trinajstić information content (AvgIpc) is 2.91. The van der Waals surface area contributed by atoms with Crippen molar-refractivity contribution in [2.45, 2.75) is 25.8 Å². The Morgan fingerprint density at radius 2 is 2.38 bits per heavy atom. The first kappa shape index (κ1) is 16.1. The highest BCUT2D eigenvalue weighted by atomic mass is 35.5. The third kappa shape index (κ3) is 4.09. The highest BCUT2D eigenvalue weighted by molar-refractivity contribution is 6.33. The summed E-state index contributed by atoms with van der Waals surface area (Å²) in [5, 5.41) is 12.3. The topological polar surface area (TPSA) is 78.6 Å². The van der Waals surface area contributed by atoms with Crippen molar-refractivity contribution in [1.82, 2.24) is 4.90 Å². The Morgan fingerprint density at radius 1 is 1.62 bits per heavy atom. The number of anilines is 2. The van der Waals surface area contributed by atoms with Crippen LogP contribution in [0, 0.1) is 5.92 Å². The molecule has 0 aromatic heterocycles. The quantitative estimate of drug-likeness (QED) is 0.726. The first-order chi connectivity index (χ1) is 10.0. The second-order valence-corrected chi connectivity index (χ2v) is 5.97. The number of carbonyl (C=O) groups is 1. The van der Waals surface area contributed by atoms with Crippen LogP contribution in [0.3, 0.4) is 0 Å². The zero-order valence-corrected chi connectivity index (χ0v) is 12.9. The minimum absolute atomic E-state index is 0.0543. The van der Waals surface area contributed by atoms with Crippen molar-refractivity contribution in [1.29, 1.82) is 0 Å². The van der Waals surface area contributed by atoms with Crippen LogP contribution in [-0.4, -0.2) is 41.7 Å². The fourth-order valence-corrected chi connectivity index (χ4v) is 2.78. The molecule has 2 unspecified atom stereocenters. The van der Waals surface area contributed by atoms with Gasteiger partial charge in [0.2, 0.25) is 5.91 Å². The number of hydrogen-bond donors (Lipinski definition) is 3. The molecule has 2 rings (SSSR count). The third-order valence-corrected chi connectivity index (χ3v) is 4.39. The third-order valence-electron chi connectivity index (χ3n) is 4.05. The van der Waals surface area contributed by atoms with Crippen molar-refractivity contribution in [2.24, 2.45) is 5.92 Å². The van der Waals surface area contributed by atoms with E-state index in [9.17, 15) is 4.79 Å². The number of aliphatic hydroxyl groups excluding tert-OH is 1. The highest BCUT2D eigenvalue weighted by Gasteiger charge is 2.29. The van der Waals surface area contributed by atoms with Crippen LogP contribution in [0.1, 0.15) is 19.8 Å². The first-order valence-electron chi connectivity index (χ1n) is 7.22. The molecule has 1 aliphatic heterocycles. The molecule has 0 saturated carbocycles. The van der Waals surface area contributed by atoms with Crippen molar-refractivity contribution >= 4 is 28.9 Å². The number of hydrogen-bond acceptors (Lipinski definition) is 4. The van der Waals surface area contributed by atoms with Crippen LogP contribution >= 0.6 is 11.6 Å². The maximum atomic E-state index is 12.3. The van der Waals surface area contributed by atoms with Gasteiger partial charge in [-0.15, -0.1) is 0 Å². The number of nitrogens with one attached hydrogen (secondary N) is 1. The maximum absolute atomic E-state index is 12.3. The minimum Gasteiger partial charge on any atom is -0.397 e. The molecule has 5 nitrogen and oxygen atoms in total. The van der Waals surface area contributed by atoms with Crippen molar-refractivity contribution in [2.75, 3.05) is 30.7 Å². The molecule has 2 atom stereocenters. The van der Waals surface area contributed by atoms with Crippen LogP contribution < -0.4 is 11.1 Å². The zero-order chi connectivity index (χ0) is 15.4. The molecule has 1 aliphatic rings. The van der Waals surface area contributed by atoms with Gasteiger partial charge in [0.05, 0.1) is 16.8 Å². The fourth-order valence-electron chi connectivity index (χ4n) is 2.67. The summed E-state index contributed by atoms with van der Waals surface area (Å²) < 4.78 is 0. The Kier molecular flexibility index (Phi) is 5.45. The van der Waals surface area contributed by atoms with Crippen LogP contribution in [0.2, 0.25) is 5.02 Å². The lowest BCUT2D eigenvalue weighted by Gasteiger charge is -2.23. The number of aliphatic hydroxyl groups is 1. The average molecular weight is 312 g/mol. The summed E-state index contributed by atoms with van der Waals surface area (Å²) in [6, 6.07) is 4.86. The van der Waals surface area contributed by atoms with Crippen molar-refractivity contribution in [3.63, 3.8) is 0 Å². The molecule has 1 fully saturated rings. The van der Waals surface area contributed by atoms with E-state index in [0.29, 0.717) is 22.3 Å². The van der Waals surface area contributed by atoms with Crippen LogP contribution in [-0.2, 0) is 4.79 Å². The Balaban J connectivity index is 1.92. The fraction of sp³-hybridized carbons (Fsp3) is 0.533.